The standard InChI is InChI=1S/C25H25N3O6/c1-13(29)26-15-10-14(25(2,3)4)11-16(12-15)34-19-7-5-6-17-21(19)24(33)28(23(17)32)18-8-9-20(30)27-22(18)31/h5-7,10-12,18H,8-9H2,1-4H3,(H,26,29)(H,27,30,31). The van der Waals surface area contributed by atoms with Crippen LogP contribution in [0.4, 0.5) is 5.69 Å². The normalized spacial score (nSPS) is 18.0. The quantitative estimate of drug-likeness (QED) is 0.672. The fraction of sp³-hybridized carbons (Fsp3) is 0.320. The summed E-state index contributed by atoms with van der Waals surface area (Å²) in [4.78, 5) is 62.7. The van der Waals surface area contributed by atoms with Crippen LogP contribution in [0.5, 0.6) is 11.5 Å². The number of benzene rings is 2. The summed E-state index contributed by atoms with van der Waals surface area (Å²) in [5.74, 6) is -2.07. The Morgan fingerprint density at radius 1 is 1.09 bits per heavy atom. The van der Waals surface area contributed by atoms with Crippen LogP contribution >= 0.6 is 0 Å². The second-order valence-corrected chi connectivity index (χ2v) is 9.41. The number of hydrogen-bond donors (Lipinski definition) is 2. The fourth-order valence-corrected chi connectivity index (χ4v) is 4.06. The van der Waals surface area contributed by atoms with E-state index in [9.17, 15) is 24.0 Å². The van der Waals surface area contributed by atoms with Gasteiger partial charge in [-0.05, 0) is 41.7 Å². The Labute approximate surface area is 196 Å². The van der Waals surface area contributed by atoms with Gasteiger partial charge in [0, 0.05) is 25.1 Å². The van der Waals surface area contributed by atoms with E-state index in [-0.39, 0.29) is 41.0 Å². The zero-order chi connectivity index (χ0) is 24.8. The predicted molar refractivity (Wildman–Crippen MR) is 123 cm³/mol. The van der Waals surface area contributed by atoms with E-state index in [2.05, 4.69) is 10.6 Å². The molecule has 2 aromatic carbocycles. The lowest BCUT2D eigenvalue weighted by molar-refractivity contribution is -0.136. The molecule has 5 amide bonds. The summed E-state index contributed by atoms with van der Waals surface area (Å²) in [6.45, 7) is 7.46. The van der Waals surface area contributed by atoms with Gasteiger partial charge in [-0.1, -0.05) is 26.8 Å². The molecule has 0 spiro atoms. The first-order valence-corrected chi connectivity index (χ1v) is 10.9. The van der Waals surface area contributed by atoms with Gasteiger partial charge in [-0.15, -0.1) is 0 Å². The number of carbonyl (C=O) groups excluding carboxylic acids is 5. The van der Waals surface area contributed by atoms with Crippen molar-refractivity contribution in [2.24, 2.45) is 0 Å². The van der Waals surface area contributed by atoms with Crippen LogP contribution < -0.4 is 15.4 Å². The number of rotatable bonds is 4. The van der Waals surface area contributed by atoms with Gasteiger partial charge in [-0.25, -0.2) is 0 Å². The van der Waals surface area contributed by atoms with E-state index in [0.717, 1.165) is 10.5 Å². The molecule has 0 saturated carbocycles. The van der Waals surface area contributed by atoms with Crippen LogP contribution in [0, 0.1) is 0 Å². The Kier molecular flexibility index (Phi) is 5.72. The smallest absolute Gasteiger partial charge is 0.266 e. The van der Waals surface area contributed by atoms with Gasteiger partial charge in [0.2, 0.25) is 17.7 Å². The van der Waals surface area contributed by atoms with E-state index >= 15 is 0 Å². The summed E-state index contributed by atoms with van der Waals surface area (Å²) in [5, 5.41) is 4.93. The van der Waals surface area contributed by atoms with Crippen LogP contribution in [0.15, 0.2) is 36.4 Å². The number of nitrogens with one attached hydrogen (secondary N) is 2. The van der Waals surface area contributed by atoms with E-state index in [0.29, 0.717) is 11.4 Å². The van der Waals surface area contributed by atoms with Crippen molar-refractivity contribution in [3.63, 3.8) is 0 Å². The highest BCUT2D eigenvalue weighted by Gasteiger charge is 2.46. The molecular formula is C25H25N3O6. The van der Waals surface area contributed by atoms with Gasteiger partial charge in [0.25, 0.3) is 11.8 Å². The molecule has 1 atom stereocenters. The van der Waals surface area contributed by atoms with E-state index in [1.54, 1.807) is 18.2 Å². The lowest BCUT2D eigenvalue weighted by Gasteiger charge is -2.27. The van der Waals surface area contributed by atoms with E-state index in [1.165, 1.54) is 13.0 Å². The molecule has 2 aliphatic rings. The van der Waals surface area contributed by atoms with Crippen molar-refractivity contribution in [1.82, 2.24) is 10.2 Å². The number of amides is 5. The summed E-state index contributed by atoms with van der Waals surface area (Å²) in [6.07, 6.45) is 0.110. The first kappa shape index (κ1) is 23.2. The van der Waals surface area contributed by atoms with Crippen LogP contribution in [0.1, 0.15) is 66.8 Å². The number of anilines is 1. The summed E-state index contributed by atoms with van der Waals surface area (Å²) in [6, 6.07) is 8.90. The predicted octanol–water partition coefficient (Wildman–Crippen LogP) is 3.14. The monoisotopic (exact) mass is 463 g/mol. The molecule has 0 aliphatic carbocycles. The van der Waals surface area contributed by atoms with Gasteiger partial charge in [0.05, 0.1) is 11.1 Å². The lowest BCUT2D eigenvalue weighted by atomic mass is 9.86. The Morgan fingerprint density at radius 3 is 2.47 bits per heavy atom. The summed E-state index contributed by atoms with van der Waals surface area (Å²) in [5.41, 5.74) is 1.37. The van der Waals surface area contributed by atoms with E-state index in [1.807, 2.05) is 32.9 Å². The zero-order valence-corrected chi connectivity index (χ0v) is 19.4. The maximum absolute atomic E-state index is 13.3. The van der Waals surface area contributed by atoms with Crippen molar-refractivity contribution in [2.45, 2.75) is 52.0 Å². The molecule has 9 heteroatoms. The molecule has 1 fully saturated rings. The van der Waals surface area contributed by atoms with E-state index < -0.39 is 29.7 Å². The third-order valence-corrected chi connectivity index (χ3v) is 5.75. The van der Waals surface area contributed by atoms with Crippen molar-refractivity contribution >= 4 is 35.2 Å². The molecule has 0 radical (unpaired) electrons. The number of carbonyl (C=O) groups is 5. The first-order valence-electron chi connectivity index (χ1n) is 10.9. The summed E-state index contributed by atoms with van der Waals surface area (Å²) in [7, 11) is 0. The lowest BCUT2D eigenvalue weighted by Crippen LogP contribution is -2.54. The Morgan fingerprint density at radius 2 is 1.82 bits per heavy atom. The molecule has 4 rings (SSSR count). The zero-order valence-electron chi connectivity index (χ0n) is 19.4. The number of ether oxygens (including phenoxy) is 1. The highest BCUT2D eigenvalue weighted by atomic mass is 16.5. The van der Waals surface area contributed by atoms with Crippen molar-refractivity contribution in [3.05, 3.63) is 53.1 Å². The van der Waals surface area contributed by atoms with E-state index in [4.69, 9.17) is 4.74 Å². The largest absolute Gasteiger partial charge is 0.456 e. The van der Waals surface area contributed by atoms with Crippen LogP contribution in [0.2, 0.25) is 0 Å². The number of hydrogen-bond acceptors (Lipinski definition) is 6. The summed E-state index contributed by atoms with van der Waals surface area (Å²) < 4.78 is 6.07. The van der Waals surface area contributed by atoms with Crippen molar-refractivity contribution in [2.75, 3.05) is 5.32 Å². The minimum absolute atomic E-state index is 0.0404. The molecule has 2 N–H and O–H groups in total. The second kappa shape index (κ2) is 8.40. The Bertz CT molecular complexity index is 1240. The molecule has 176 valence electrons. The third kappa shape index (κ3) is 4.28. The van der Waals surface area contributed by atoms with Gasteiger partial charge in [-0.3, -0.25) is 34.2 Å². The minimum Gasteiger partial charge on any atom is -0.456 e. The second-order valence-electron chi connectivity index (χ2n) is 9.41. The molecule has 2 aromatic rings. The average molecular weight is 463 g/mol. The Balaban J connectivity index is 1.71. The van der Waals surface area contributed by atoms with Crippen LogP contribution in [-0.4, -0.2) is 40.5 Å². The molecule has 34 heavy (non-hydrogen) atoms. The van der Waals surface area contributed by atoms with Gasteiger partial charge in [0.15, 0.2) is 0 Å². The maximum atomic E-state index is 13.3. The van der Waals surface area contributed by atoms with Gasteiger partial charge < -0.3 is 10.1 Å². The number of fused-ring (bicyclic) bond motifs is 1. The molecule has 9 nitrogen and oxygen atoms in total. The first-order chi connectivity index (χ1) is 16.0. The van der Waals surface area contributed by atoms with Crippen LogP contribution in [0.25, 0.3) is 0 Å². The minimum atomic E-state index is -1.06. The Hall–Kier alpha value is -4.01. The topological polar surface area (TPSA) is 122 Å². The molecule has 1 saturated heterocycles. The van der Waals surface area contributed by atoms with Crippen LogP contribution in [0.3, 0.4) is 0 Å². The van der Waals surface area contributed by atoms with Crippen LogP contribution in [-0.2, 0) is 19.8 Å². The average Bonchev–Trinajstić information content (AvgIpc) is 2.98. The fourth-order valence-electron chi connectivity index (χ4n) is 4.06. The maximum Gasteiger partial charge on any atom is 0.266 e. The molecule has 2 aliphatic heterocycles. The van der Waals surface area contributed by atoms with Gasteiger partial charge in [-0.2, -0.15) is 0 Å². The molecule has 0 bridgehead atoms. The molecule has 0 aromatic heterocycles. The van der Waals surface area contributed by atoms with Crippen molar-refractivity contribution in [1.29, 1.82) is 0 Å². The number of piperidine rings is 1. The highest BCUT2D eigenvalue weighted by molar-refractivity contribution is 6.24. The molecular weight excluding hydrogens is 438 g/mol. The van der Waals surface area contributed by atoms with Gasteiger partial charge >= 0.3 is 0 Å². The molecule has 2 heterocycles. The molecule has 1 unspecified atom stereocenters. The van der Waals surface area contributed by atoms with Crippen molar-refractivity contribution in [3.8, 4) is 11.5 Å². The number of nitrogens with zero attached hydrogens (tertiary/aromatic N) is 1. The third-order valence-electron chi connectivity index (χ3n) is 5.75. The van der Waals surface area contributed by atoms with Gasteiger partial charge in [0.1, 0.15) is 17.5 Å². The number of imide groups is 2. The summed E-state index contributed by atoms with van der Waals surface area (Å²) >= 11 is 0. The highest BCUT2D eigenvalue weighted by Crippen LogP contribution is 2.38. The van der Waals surface area contributed by atoms with Crippen molar-refractivity contribution < 1.29 is 28.7 Å². The SMILES string of the molecule is CC(=O)Nc1cc(Oc2cccc3c2C(=O)N(C2CCC(=O)NC2=O)C3=O)cc(C(C)(C)C)c1.